The number of oxazole rings is 1. The third kappa shape index (κ3) is 1.07. The second-order valence-electron chi connectivity index (χ2n) is 1.58. The molecule has 0 saturated carbocycles. The fourth-order valence-corrected chi connectivity index (χ4v) is 0.490. The lowest BCUT2D eigenvalue weighted by Gasteiger charge is -1.88. The summed E-state index contributed by atoms with van der Waals surface area (Å²) in [7, 11) is 1.45. The van der Waals surface area contributed by atoms with Crippen molar-refractivity contribution in [2.24, 2.45) is 0 Å². The molecule has 1 N–H and O–H groups in total. The summed E-state index contributed by atoms with van der Waals surface area (Å²) in [6, 6.07) is 0. The maximum Gasteiger partial charge on any atom is 0.439 e. The van der Waals surface area contributed by atoms with Crippen LogP contribution in [0.15, 0.2) is 10.7 Å². The van der Waals surface area contributed by atoms with E-state index in [9.17, 15) is 9.90 Å². The minimum atomic E-state index is -0.751. The number of rotatable bonds is 1. The van der Waals surface area contributed by atoms with Crippen LogP contribution in [-0.4, -0.2) is 17.9 Å². The van der Waals surface area contributed by atoms with Crippen LogP contribution >= 0.6 is 0 Å². The van der Waals surface area contributed by atoms with Crippen molar-refractivity contribution in [1.29, 1.82) is 0 Å². The molecule has 5 nitrogen and oxygen atoms in total. The highest BCUT2D eigenvalue weighted by molar-refractivity contribution is 5.91. The summed E-state index contributed by atoms with van der Waals surface area (Å²) in [5, 5.41) is 12.5. The van der Waals surface area contributed by atoms with Crippen LogP contribution in [0.2, 0.25) is 0 Å². The molecule has 1 aromatic heterocycles. The van der Waals surface area contributed by atoms with E-state index in [0.29, 0.717) is 0 Å². The SMILES string of the molecule is CNC(=O)c1coc([O])n1. The first kappa shape index (κ1) is 6.60. The quantitative estimate of drug-likeness (QED) is 0.606. The molecule has 0 spiro atoms. The fraction of sp³-hybridized carbons (Fsp3) is 0.200. The molecule has 53 valence electrons. The molecular weight excluding hydrogens is 136 g/mol. The second-order valence-corrected chi connectivity index (χ2v) is 1.58. The Kier molecular flexibility index (Phi) is 1.57. The minimum Gasteiger partial charge on any atom is -0.414 e. The van der Waals surface area contributed by atoms with E-state index in [1.54, 1.807) is 0 Å². The van der Waals surface area contributed by atoms with Crippen molar-refractivity contribution in [1.82, 2.24) is 10.3 Å². The Morgan fingerprint density at radius 2 is 2.50 bits per heavy atom. The van der Waals surface area contributed by atoms with Crippen molar-refractivity contribution in [3.05, 3.63) is 12.0 Å². The predicted molar refractivity (Wildman–Crippen MR) is 30.0 cm³/mol. The summed E-state index contributed by atoms with van der Waals surface area (Å²) in [4.78, 5) is 13.9. The highest BCUT2D eigenvalue weighted by Crippen LogP contribution is 2.07. The molecule has 1 aromatic rings. The molecular formula is C5H5N2O3. The average molecular weight is 141 g/mol. The van der Waals surface area contributed by atoms with Crippen LogP contribution in [0.5, 0.6) is 6.08 Å². The van der Waals surface area contributed by atoms with Crippen molar-refractivity contribution in [2.45, 2.75) is 0 Å². The van der Waals surface area contributed by atoms with Crippen molar-refractivity contribution in [3.63, 3.8) is 0 Å². The Morgan fingerprint density at radius 3 is 2.90 bits per heavy atom. The molecule has 1 amide bonds. The molecule has 1 rings (SSSR count). The van der Waals surface area contributed by atoms with Crippen LogP contribution < -0.4 is 5.32 Å². The molecule has 0 aromatic carbocycles. The summed E-state index contributed by atoms with van der Waals surface area (Å²) in [6.07, 6.45) is 0.264. The van der Waals surface area contributed by atoms with Crippen LogP contribution in [0.25, 0.3) is 0 Å². The highest BCUT2D eigenvalue weighted by Gasteiger charge is 2.09. The van der Waals surface area contributed by atoms with Gasteiger partial charge in [0.05, 0.1) is 0 Å². The van der Waals surface area contributed by atoms with Gasteiger partial charge in [-0.1, -0.05) is 0 Å². The summed E-state index contributed by atoms with van der Waals surface area (Å²) in [6.45, 7) is 0. The van der Waals surface area contributed by atoms with Gasteiger partial charge >= 0.3 is 6.08 Å². The topological polar surface area (TPSA) is 75.0 Å². The van der Waals surface area contributed by atoms with Crippen molar-refractivity contribution in [2.75, 3.05) is 7.05 Å². The van der Waals surface area contributed by atoms with Gasteiger partial charge in [-0.25, -0.2) is 5.11 Å². The minimum absolute atomic E-state index is 0.00694. The summed E-state index contributed by atoms with van der Waals surface area (Å²) < 4.78 is 4.26. The zero-order valence-corrected chi connectivity index (χ0v) is 5.25. The van der Waals surface area contributed by atoms with Gasteiger partial charge in [-0.2, -0.15) is 4.98 Å². The molecule has 0 atom stereocenters. The second kappa shape index (κ2) is 2.38. The first-order chi connectivity index (χ1) is 4.74. The first-order valence-corrected chi connectivity index (χ1v) is 2.58. The van der Waals surface area contributed by atoms with Crippen molar-refractivity contribution in [3.8, 4) is 6.08 Å². The van der Waals surface area contributed by atoms with Crippen LogP contribution in [0, 0.1) is 0 Å². The molecule has 5 heteroatoms. The molecule has 0 bridgehead atoms. The van der Waals surface area contributed by atoms with E-state index in [0.717, 1.165) is 6.26 Å². The number of nitrogens with one attached hydrogen (secondary N) is 1. The molecule has 1 heterocycles. The molecule has 0 unspecified atom stereocenters. The Hall–Kier alpha value is -1.52. The monoisotopic (exact) mass is 141 g/mol. The van der Waals surface area contributed by atoms with Gasteiger partial charge in [0.25, 0.3) is 5.91 Å². The Bertz CT molecular complexity index is 243. The molecule has 1 radical (unpaired) electrons. The number of nitrogens with zero attached hydrogens (tertiary/aromatic N) is 1. The van der Waals surface area contributed by atoms with Crippen LogP contribution in [0.1, 0.15) is 10.5 Å². The van der Waals surface area contributed by atoms with Crippen LogP contribution in [0.4, 0.5) is 0 Å². The van der Waals surface area contributed by atoms with E-state index in [4.69, 9.17) is 0 Å². The average Bonchev–Trinajstić information content (AvgIpc) is 2.34. The number of carbonyl (C=O) groups is 1. The number of amides is 1. The summed E-state index contributed by atoms with van der Waals surface area (Å²) >= 11 is 0. The zero-order chi connectivity index (χ0) is 7.56. The smallest absolute Gasteiger partial charge is 0.414 e. The lowest BCUT2D eigenvalue weighted by molar-refractivity contribution is 0.0957. The van der Waals surface area contributed by atoms with Gasteiger partial charge in [-0.15, -0.1) is 0 Å². The third-order valence-corrected chi connectivity index (χ3v) is 0.943. The van der Waals surface area contributed by atoms with Crippen LogP contribution in [0.3, 0.4) is 0 Å². The summed E-state index contributed by atoms with van der Waals surface area (Å²) in [5.74, 6) is -0.425. The highest BCUT2D eigenvalue weighted by atomic mass is 16.5. The van der Waals surface area contributed by atoms with E-state index in [-0.39, 0.29) is 5.69 Å². The molecule has 0 saturated heterocycles. The van der Waals surface area contributed by atoms with Gasteiger partial charge in [-0.05, 0) is 0 Å². The predicted octanol–water partition coefficient (Wildman–Crippen LogP) is 0.178. The van der Waals surface area contributed by atoms with Gasteiger partial charge in [0.15, 0.2) is 5.69 Å². The number of hydrogen-bond donors (Lipinski definition) is 1. The summed E-state index contributed by atoms with van der Waals surface area (Å²) in [5.41, 5.74) is 0.00694. The van der Waals surface area contributed by atoms with Crippen LogP contribution in [-0.2, 0) is 5.11 Å². The lowest BCUT2D eigenvalue weighted by atomic mass is 10.5. The standard InChI is InChI=1S/C5H5N2O3/c1-6-4(8)3-2-10-5(9)7-3/h2H,1H3,(H,6,8). The number of aromatic nitrogens is 1. The van der Waals surface area contributed by atoms with Gasteiger partial charge in [0.2, 0.25) is 0 Å². The van der Waals surface area contributed by atoms with E-state index in [1.165, 1.54) is 7.05 Å². The van der Waals surface area contributed by atoms with E-state index in [2.05, 4.69) is 14.7 Å². The molecule has 10 heavy (non-hydrogen) atoms. The Labute approximate surface area is 56.7 Å². The third-order valence-electron chi connectivity index (χ3n) is 0.943. The fourth-order valence-electron chi connectivity index (χ4n) is 0.490. The number of hydrogen-bond acceptors (Lipinski definition) is 3. The molecule has 0 aliphatic rings. The zero-order valence-electron chi connectivity index (χ0n) is 5.25. The normalized spacial score (nSPS) is 9.30. The lowest BCUT2D eigenvalue weighted by Crippen LogP contribution is -2.17. The van der Waals surface area contributed by atoms with Gasteiger partial charge in [0.1, 0.15) is 6.26 Å². The molecule has 0 aliphatic carbocycles. The maximum absolute atomic E-state index is 10.7. The first-order valence-electron chi connectivity index (χ1n) is 2.58. The molecule has 0 aliphatic heterocycles. The van der Waals surface area contributed by atoms with Crippen molar-refractivity contribution < 1.29 is 14.3 Å². The van der Waals surface area contributed by atoms with Gasteiger partial charge in [-0.3, -0.25) is 4.79 Å². The van der Waals surface area contributed by atoms with Gasteiger partial charge in [0, 0.05) is 7.05 Å². The van der Waals surface area contributed by atoms with E-state index >= 15 is 0 Å². The largest absolute Gasteiger partial charge is 0.439 e. The van der Waals surface area contributed by atoms with Crippen molar-refractivity contribution >= 4 is 5.91 Å². The number of carbonyl (C=O) groups excluding carboxylic acids is 1. The molecule has 0 fully saturated rings. The Morgan fingerprint density at radius 1 is 1.80 bits per heavy atom. The Balaban J connectivity index is 2.85. The van der Waals surface area contributed by atoms with Gasteiger partial charge < -0.3 is 9.73 Å². The van der Waals surface area contributed by atoms with E-state index < -0.39 is 12.0 Å². The maximum atomic E-state index is 10.7. The van der Waals surface area contributed by atoms with E-state index in [1.807, 2.05) is 0 Å².